The number of aryl methyl sites for hydroxylation is 1. The Labute approximate surface area is 122 Å². The smallest absolute Gasteiger partial charge is 0.387 e. The zero-order chi connectivity index (χ0) is 14.7. The van der Waals surface area contributed by atoms with Crippen LogP contribution in [0.4, 0.5) is 14.5 Å². The Morgan fingerprint density at radius 2 is 1.86 bits per heavy atom. The molecule has 0 aromatic heterocycles. The fraction of sp³-hybridized carbons (Fsp3) is 0.294. The summed E-state index contributed by atoms with van der Waals surface area (Å²) in [6, 6.07) is 15.5. The second kappa shape index (κ2) is 6.12. The molecule has 2 nitrogen and oxygen atoms in total. The molecule has 1 aliphatic rings. The molecular weight excluding hydrogens is 272 g/mol. The fourth-order valence-corrected chi connectivity index (χ4v) is 2.82. The second-order valence-corrected chi connectivity index (χ2v) is 5.26. The van der Waals surface area contributed by atoms with Crippen molar-refractivity contribution in [1.82, 2.24) is 0 Å². The first kappa shape index (κ1) is 13.9. The summed E-state index contributed by atoms with van der Waals surface area (Å²) in [4.78, 5) is 0. The molecule has 0 saturated carbocycles. The Morgan fingerprint density at radius 1 is 1.05 bits per heavy atom. The van der Waals surface area contributed by atoms with Crippen LogP contribution in [-0.4, -0.2) is 12.7 Å². The first-order valence-corrected chi connectivity index (χ1v) is 7.09. The van der Waals surface area contributed by atoms with Gasteiger partial charge in [0.25, 0.3) is 0 Å². The SMILES string of the molecule is FC(F)Oc1cccc(NC2CCc3ccccc3C2)c1. The second-order valence-electron chi connectivity index (χ2n) is 5.26. The maximum atomic E-state index is 12.2. The molecular formula is C17H17F2NO. The van der Waals surface area contributed by atoms with Crippen molar-refractivity contribution in [2.75, 3.05) is 5.32 Å². The molecule has 0 radical (unpaired) electrons. The van der Waals surface area contributed by atoms with Crippen molar-refractivity contribution >= 4 is 5.69 Å². The van der Waals surface area contributed by atoms with Gasteiger partial charge in [0.2, 0.25) is 0 Å². The first-order chi connectivity index (χ1) is 10.2. The van der Waals surface area contributed by atoms with Crippen molar-refractivity contribution in [1.29, 1.82) is 0 Å². The third-order valence-electron chi connectivity index (χ3n) is 3.78. The molecule has 0 amide bonds. The maximum Gasteiger partial charge on any atom is 0.387 e. The first-order valence-electron chi connectivity index (χ1n) is 7.09. The lowest BCUT2D eigenvalue weighted by Gasteiger charge is -2.26. The van der Waals surface area contributed by atoms with Gasteiger partial charge in [0, 0.05) is 17.8 Å². The molecule has 2 aromatic carbocycles. The minimum absolute atomic E-state index is 0.186. The minimum atomic E-state index is -2.79. The lowest BCUT2D eigenvalue weighted by molar-refractivity contribution is -0.0498. The monoisotopic (exact) mass is 289 g/mol. The van der Waals surface area contributed by atoms with Gasteiger partial charge < -0.3 is 10.1 Å². The van der Waals surface area contributed by atoms with Crippen molar-refractivity contribution in [2.24, 2.45) is 0 Å². The number of hydrogen-bond donors (Lipinski definition) is 1. The van der Waals surface area contributed by atoms with E-state index in [1.54, 1.807) is 12.1 Å². The van der Waals surface area contributed by atoms with Gasteiger partial charge in [-0.15, -0.1) is 0 Å². The van der Waals surface area contributed by atoms with E-state index in [0.717, 1.165) is 24.9 Å². The fourth-order valence-electron chi connectivity index (χ4n) is 2.82. The van der Waals surface area contributed by atoms with Crippen LogP contribution in [-0.2, 0) is 12.8 Å². The van der Waals surface area contributed by atoms with Gasteiger partial charge in [-0.05, 0) is 42.5 Å². The van der Waals surface area contributed by atoms with Crippen LogP contribution in [0.15, 0.2) is 48.5 Å². The Hall–Kier alpha value is -2.10. The molecule has 0 heterocycles. The van der Waals surface area contributed by atoms with E-state index in [9.17, 15) is 8.78 Å². The summed E-state index contributed by atoms with van der Waals surface area (Å²) in [7, 11) is 0. The normalized spacial score (nSPS) is 17.4. The summed E-state index contributed by atoms with van der Waals surface area (Å²) in [6.07, 6.45) is 3.04. The number of fused-ring (bicyclic) bond motifs is 1. The third kappa shape index (κ3) is 3.51. The molecule has 1 aliphatic carbocycles. The lowest BCUT2D eigenvalue weighted by Crippen LogP contribution is -2.27. The predicted octanol–water partition coefficient (Wildman–Crippen LogP) is 4.26. The standard InChI is InChI=1S/C17H17F2NO/c18-17(19)21-16-7-3-6-14(11-16)20-15-9-8-12-4-1-2-5-13(12)10-15/h1-7,11,15,17,20H,8-10H2. The molecule has 0 bridgehead atoms. The number of benzene rings is 2. The van der Waals surface area contributed by atoms with Gasteiger partial charge in [-0.3, -0.25) is 0 Å². The number of ether oxygens (including phenoxy) is 1. The molecule has 3 rings (SSSR count). The molecule has 0 aliphatic heterocycles. The molecule has 0 fully saturated rings. The highest BCUT2D eigenvalue weighted by Crippen LogP contribution is 2.25. The van der Waals surface area contributed by atoms with Gasteiger partial charge >= 0.3 is 6.61 Å². The Morgan fingerprint density at radius 3 is 2.67 bits per heavy atom. The number of rotatable bonds is 4. The summed E-state index contributed by atoms with van der Waals surface area (Å²) in [5, 5.41) is 3.41. The van der Waals surface area contributed by atoms with Gasteiger partial charge in [-0.1, -0.05) is 30.3 Å². The largest absolute Gasteiger partial charge is 0.435 e. The average molecular weight is 289 g/mol. The van der Waals surface area contributed by atoms with Crippen molar-refractivity contribution in [3.63, 3.8) is 0 Å². The van der Waals surface area contributed by atoms with Crippen LogP contribution in [0.2, 0.25) is 0 Å². The van der Waals surface area contributed by atoms with E-state index < -0.39 is 6.61 Å². The maximum absolute atomic E-state index is 12.2. The highest BCUT2D eigenvalue weighted by Gasteiger charge is 2.18. The van der Waals surface area contributed by atoms with Crippen LogP contribution in [0.5, 0.6) is 5.75 Å². The van der Waals surface area contributed by atoms with E-state index in [1.807, 2.05) is 6.07 Å². The topological polar surface area (TPSA) is 21.3 Å². The summed E-state index contributed by atoms with van der Waals surface area (Å²) in [5.74, 6) is 0.186. The van der Waals surface area contributed by atoms with E-state index in [4.69, 9.17) is 0 Å². The third-order valence-corrected chi connectivity index (χ3v) is 3.78. The van der Waals surface area contributed by atoms with Crippen LogP contribution < -0.4 is 10.1 Å². The molecule has 110 valence electrons. The van der Waals surface area contributed by atoms with E-state index in [2.05, 4.69) is 34.3 Å². The quantitative estimate of drug-likeness (QED) is 0.908. The Bertz CT molecular complexity index is 615. The zero-order valence-electron chi connectivity index (χ0n) is 11.6. The van der Waals surface area contributed by atoms with Crippen LogP contribution in [0.1, 0.15) is 17.5 Å². The summed E-state index contributed by atoms with van der Waals surface area (Å²) in [6.45, 7) is -2.79. The Balaban J connectivity index is 1.68. The lowest BCUT2D eigenvalue weighted by atomic mass is 9.88. The van der Waals surface area contributed by atoms with Crippen LogP contribution in [0.3, 0.4) is 0 Å². The van der Waals surface area contributed by atoms with Gasteiger partial charge in [-0.2, -0.15) is 8.78 Å². The van der Waals surface area contributed by atoms with Crippen molar-refractivity contribution in [3.05, 3.63) is 59.7 Å². The molecule has 1 N–H and O–H groups in total. The van der Waals surface area contributed by atoms with Crippen LogP contribution >= 0.6 is 0 Å². The summed E-state index contributed by atoms with van der Waals surface area (Å²) in [5.41, 5.74) is 3.59. The number of halogens is 2. The van der Waals surface area contributed by atoms with Crippen molar-refractivity contribution < 1.29 is 13.5 Å². The van der Waals surface area contributed by atoms with Gasteiger partial charge in [0.1, 0.15) is 5.75 Å². The van der Waals surface area contributed by atoms with Crippen LogP contribution in [0.25, 0.3) is 0 Å². The zero-order valence-corrected chi connectivity index (χ0v) is 11.6. The van der Waals surface area contributed by atoms with Gasteiger partial charge in [0.15, 0.2) is 0 Å². The van der Waals surface area contributed by atoms with Crippen molar-refractivity contribution in [2.45, 2.75) is 31.9 Å². The van der Waals surface area contributed by atoms with Crippen LogP contribution in [0, 0.1) is 0 Å². The van der Waals surface area contributed by atoms with E-state index in [0.29, 0.717) is 6.04 Å². The molecule has 1 unspecified atom stereocenters. The molecule has 1 atom stereocenters. The number of anilines is 1. The summed E-state index contributed by atoms with van der Waals surface area (Å²) >= 11 is 0. The molecule has 0 saturated heterocycles. The van der Waals surface area contributed by atoms with E-state index in [-0.39, 0.29) is 5.75 Å². The van der Waals surface area contributed by atoms with Gasteiger partial charge in [0.05, 0.1) is 0 Å². The highest BCUT2D eigenvalue weighted by atomic mass is 19.3. The van der Waals surface area contributed by atoms with Crippen molar-refractivity contribution in [3.8, 4) is 5.75 Å². The minimum Gasteiger partial charge on any atom is -0.435 e. The average Bonchev–Trinajstić information content (AvgIpc) is 2.47. The predicted molar refractivity (Wildman–Crippen MR) is 79.0 cm³/mol. The number of hydrogen-bond acceptors (Lipinski definition) is 2. The van der Waals surface area contributed by atoms with Gasteiger partial charge in [-0.25, -0.2) is 0 Å². The number of alkyl halides is 2. The summed E-state index contributed by atoms with van der Waals surface area (Å²) < 4.78 is 28.9. The molecule has 21 heavy (non-hydrogen) atoms. The Kier molecular flexibility index (Phi) is 4.04. The molecule has 4 heteroatoms. The molecule has 0 spiro atoms. The highest BCUT2D eigenvalue weighted by molar-refractivity contribution is 5.49. The van der Waals surface area contributed by atoms with E-state index in [1.165, 1.54) is 17.2 Å². The van der Waals surface area contributed by atoms with E-state index >= 15 is 0 Å². The number of nitrogens with one attached hydrogen (secondary N) is 1. The molecule has 2 aromatic rings.